The molecule has 70 valence electrons. The summed E-state index contributed by atoms with van der Waals surface area (Å²) in [6, 6.07) is 0. The van der Waals surface area contributed by atoms with Crippen LogP contribution in [0.4, 0.5) is 0 Å². The van der Waals surface area contributed by atoms with Crippen LogP contribution in [-0.2, 0) is 9.53 Å². The van der Waals surface area contributed by atoms with E-state index in [0.29, 0.717) is 6.42 Å². The summed E-state index contributed by atoms with van der Waals surface area (Å²) in [5, 5.41) is 2.89. The molecule has 0 saturated carbocycles. The minimum atomic E-state index is 0.176. The SMILES string of the molecule is CCC1(COC)CCC(=O)NC1. The lowest BCUT2D eigenvalue weighted by Crippen LogP contribution is -2.45. The standard InChI is InChI=1S/C9H17NO2/c1-3-9(7-12-2)5-4-8(11)10-6-9/h3-7H2,1-2H3,(H,10,11). The Morgan fingerprint density at radius 2 is 2.42 bits per heavy atom. The lowest BCUT2D eigenvalue weighted by molar-refractivity contribution is -0.125. The molecule has 0 aromatic carbocycles. The fourth-order valence-corrected chi connectivity index (χ4v) is 1.67. The molecule has 0 radical (unpaired) electrons. The zero-order valence-electron chi connectivity index (χ0n) is 7.85. The third-order valence-electron chi connectivity index (χ3n) is 2.74. The Morgan fingerprint density at radius 1 is 1.67 bits per heavy atom. The number of amides is 1. The van der Waals surface area contributed by atoms with Gasteiger partial charge in [-0.1, -0.05) is 6.92 Å². The van der Waals surface area contributed by atoms with E-state index in [1.165, 1.54) is 0 Å². The maximum Gasteiger partial charge on any atom is 0.220 e. The predicted octanol–water partition coefficient (Wildman–Crippen LogP) is 0.939. The zero-order chi connectivity index (χ0) is 9.03. The molecule has 0 spiro atoms. The van der Waals surface area contributed by atoms with E-state index >= 15 is 0 Å². The summed E-state index contributed by atoms with van der Waals surface area (Å²) in [5.74, 6) is 0.176. The molecule has 1 saturated heterocycles. The van der Waals surface area contributed by atoms with Crippen LogP contribution < -0.4 is 5.32 Å². The summed E-state index contributed by atoms with van der Waals surface area (Å²) >= 11 is 0. The van der Waals surface area contributed by atoms with Gasteiger partial charge in [0.05, 0.1) is 6.61 Å². The van der Waals surface area contributed by atoms with Crippen molar-refractivity contribution in [1.82, 2.24) is 5.32 Å². The van der Waals surface area contributed by atoms with Crippen molar-refractivity contribution in [2.45, 2.75) is 26.2 Å². The van der Waals surface area contributed by atoms with Crippen molar-refractivity contribution >= 4 is 5.91 Å². The van der Waals surface area contributed by atoms with Gasteiger partial charge in [0.2, 0.25) is 5.91 Å². The Bertz CT molecular complexity index is 158. The van der Waals surface area contributed by atoms with E-state index < -0.39 is 0 Å². The number of carbonyl (C=O) groups is 1. The van der Waals surface area contributed by atoms with Gasteiger partial charge < -0.3 is 10.1 Å². The molecule has 0 aromatic heterocycles. The van der Waals surface area contributed by atoms with Crippen LogP contribution in [0.5, 0.6) is 0 Å². The predicted molar refractivity (Wildman–Crippen MR) is 46.8 cm³/mol. The largest absolute Gasteiger partial charge is 0.384 e. The van der Waals surface area contributed by atoms with Gasteiger partial charge in [-0.2, -0.15) is 0 Å². The Morgan fingerprint density at radius 3 is 2.83 bits per heavy atom. The van der Waals surface area contributed by atoms with Crippen molar-refractivity contribution in [2.75, 3.05) is 20.3 Å². The third kappa shape index (κ3) is 1.97. The van der Waals surface area contributed by atoms with Crippen molar-refractivity contribution in [1.29, 1.82) is 0 Å². The highest BCUT2D eigenvalue weighted by Gasteiger charge is 2.32. The molecule has 0 bridgehead atoms. The van der Waals surface area contributed by atoms with E-state index in [-0.39, 0.29) is 11.3 Å². The smallest absolute Gasteiger partial charge is 0.220 e. The topological polar surface area (TPSA) is 38.3 Å². The number of ether oxygens (including phenoxy) is 1. The summed E-state index contributed by atoms with van der Waals surface area (Å²) in [5.41, 5.74) is 0.197. The zero-order valence-corrected chi connectivity index (χ0v) is 7.85. The van der Waals surface area contributed by atoms with E-state index in [9.17, 15) is 4.79 Å². The Kier molecular flexibility index (Phi) is 3.09. The quantitative estimate of drug-likeness (QED) is 0.686. The van der Waals surface area contributed by atoms with Crippen LogP contribution in [0.15, 0.2) is 0 Å². The summed E-state index contributed by atoms with van der Waals surface area (Å²) in [6.07, 6.45) is 2.68. The molecule has 1 N–H and O–H groups in total. The van der Waals surface area contributed by atoms with Crippen LogP contribution in [0.3, 0.4) is 0 Å². The van der Waals surface area contributed by atoms with Crippen LogP contribution in [-0.4, -0.2) is 26.2 Å². The second kappa shape index (κ2) is 3.90. The van der Waals surface area contributed by atoms with E-state index in [2.05, 4.69) is 12.2 Å². The molecule has 12 heavy (non-hydrogen) atoms. The molecule has 3 heteroatoms. The number of piperidine rings is 1. The maximum absolute atomic E-state index is 10.9. The fourth-order valence-electron chi connectivity index (χ4n) is 1.67. The molecule has 1 rings (SSSR count). The molecule has 3 nitrogen and oxygen atoms in total. The summed E-state index contributed by atoms with van der Waals surface area (Å²) in [4.78, 5) is 10.9. The lowest BCUT2D eigenvalue weighted by Gasteiger charge is -2.35. The van der Waals surface area contributed by atoms with Gasteiger partial charge in [-0.15, -0.1) is 0 Å². The van der Waals surface area contributed by atoms with Crippen LogP contribution in [0.2, 0.25) is 0 Å². The Labute approximate surface area is 73.5 Å². The van der Waals surface area contributed by atoms with Crippen LogP contribution in [0.25, 0.3) is 0 Å². The molecule has 1 aliphatic heterocycles. The third-order valence-corrected chi connectivity index (χ3v) is 2.74. The first-order valence-corrected chi connectivity index (χ1v) is 4.48. The van der Waals surface area contributed by atoms with Gasteiger partial charge in [0.1, 0.15) is 0 Å². The van der Waals surface area contributed by atoms with Crippen molar-refractivity contribution in [3.05, 3.63) is 0 Å². The number of methoxy groups -OCH3 is 1. The van der Waals surface area contributed by atoms with Crippen molar-refractivity contribution in [2.24, 2.45) is 5.41 Å². The average molecular weight is 171 g/mol. The highest BCUT2D eigenvalue weighted by molar-refractivity contribution is 5.76. The van der Waals surface area contributed by atoms with E-state index in [4.69, 9.17) is 4.74 Å². The van der Waals surface area contributed by atoms with E-state index in [1.54, 1.807) is 7.11 Å². The summed E-state index contributed by atoms with van der Waals surface area (Å²) in [6.45, 7) is 3.68. The molecule has 1 unspecified atom stereocenters. The van der Waals surface area contributed by atoms with Gasteiger partial charge in [-0.05, 0) is 12.8 Å². The van der Waals surface area contributed by atoms with Crippen LogP contribution in [0, 0.1) is 5.41 Å². The number of hydrogen-bond acceptors (Lipinski definition) is 2. The monoisotopic (exact) mass is 171 g/mol. The Balaban J connectivity index is 2.50. The van der Waals surface area contributed by atoms with E-state index in [0.717, 1.165) is 26.0 Å². The normalized spacial score (nSPS) is 30.0. The maximum atomic E-state index is 10.9. The second-order valence-electron chi connectivity index (χ2n) is 3.56. The minimum Gasteiger partial charge on any atom is -0.384 e. The molecule has 1 aliphatic rings. The van der Waals surface area contributed by atoms with Crippen LogP contribution in [0.1, 0.15) is 26.2 Å². The fraction of sp³-hybridized carbons (Fsp3) is 0.889. The first-order chi connectivity index (χ1) is 5.72. The van der Waals surface area contributed by atoms with Gasteiger partial charge >= 0.3 is 0 Å². The number of nitrogens with one attached hydrogen (secondary N) is 1. The van der Waals surface area contributed by atoms with Gasteiger partial charge in [0.25, 0.3) is 0 Å². The first kappa shape index (κ1) is 9.52. The van der Waals surface area contributed by atoms with Gasteiger partial charge in [0.15, 0.2) is 0 Å². The molecule has 0 aliphatic carbocycles. The molecule has 1 amide bonds. The lowest BCUT2D eigenvalue weighted by atomic mass is 9.79. The van der Waals surface area contributed by atoms with Crippen molar-refractivity contribution in [3.63, 3.8) is 0 Å². The molecular weight excluding hydrogens is 154 g/mol. The van der Waals surface area contributed by atoms with Gasteiger partial charge in [-0.25, -0.2) is 0 Å². The highest BCUT2D eigenvalue weighted by Crippen LogP contribution is 2.30. The van der Waals surface area contributed by atoms with Crippen molar-refractivity contribution in [3.8, 4) is 0 Å². The number of rotatable bonds is 3. The average Bonchev–Trinajstić information content (AvgIpc) is 2.10. The van der Waals surface area contributed by atoms with Gasteiger partial charge in [0, 0.05) is 25.5 Å². The van der Waals surface area contributed by atoms with E-state index in [1.807, 2.05) is 0 Å². The molecule has 1 fully saturated rings. The molecule has 1 atom stereocenters. The second-order valence-corrected chi connectivity index (χ2v) is 3.56. The Hall–Kier alpha value is -0.570. The highest BCUT2D eigenvalue weighted by atomic mass is 16.5. The molecule has 0 aromatic rings. The first-order valence-electron chi connectivity index (χ1n) is 4.48. The number of hydrogen-bond donors (Lipinski definition) is 1. The molecule has 1 heterocycles. The van der Waals surface area contributed by atoms with Gasteiger partial charge in [-0.3, -0.25) is 4.79 Å². The van der Waals surface area contributed by atoms with Crippen LogP contribution >= 0.6 is 0 Å². The summed E-state index contributed by atoms with van der Waals surface area (Å²) in [7, 11) is 1.72. The van der Waals surface area contributed by atoms with Crippen molar-refractivity contribution < 1.29 is 9.53 Å². The minimum absolute atomic E-state index is 0.176. The number of carbonyl (C=O) groups excluding carboxylic acids is 1. The summed E-state index contributed by atoms with van der Waals surface area (Å²) < 4.78 is 5.16. The molecular formula is C9H17NO2.